The van der Waals surface area contributed by atoms with Crippen LogP contribution in [0.25, 0.3) is 0 Å². The average molecular weight is 150 g/mol. The van der Waals surface area contributed by atoms with Gasteiger partial charge in [0.25, 0.3) is 0 Å². The molecule has 2 aliphatic rings. The molecule has 2 saturated carbocycles. The molecule has 0 heterocycles. The van der Waals surface area contributed by atoms with E-state index < -0.39 is 0 Å². The zero-order valence-electron chi connectivity index (χ0n) is 6.98. The third kappa shape index (κ3) is 1.39. The molecule has 2 fully saturated rings. The average Bonchev–Trinajstić information content (AvgIpc) is 2.85. The van der Waals surface area contributed by atoms with Gasteiger partial charge in [-0.3, -0.25) is 0 Å². The van der Waals surface area contributed by atoms with Gasteiger partial charge in [-0.05, 0) is 32.6 Å². The highest BCUT2D eigenvalue weighted by Crippen LogP contribution is 2.45. The number of nitrogens with one attached hydrogen (secondary N) is 1. The Kier molecular flexibility index (Phi) is 1.28. The van der Waals surface area contributed by atoms with Crippen LogP contribution in [0.15, 0.2) is 0 Å². The molecule has 0 amide bonds. The predicted molar refractivity (Wildman–Crippen MR) is 42.9 cm³/mol. The Morgan fingerprint density at radius 2 is 2.00 bits per heavy atom. The first-order valence-corrected chi connectivity index (χ1v) is 4.34. The van der Waals surface area contributed by atoms with E-state index in [1.165, 1.54) is 12.8 Å². The van der Waals surface area contributed by atoms with Crippen molar-refractivity contribution < 1.29 is 0 Å². The van der Waals surface area contributed by atoms with Gasteiger partial charge in [0.2, 0.25) is 0 Å². The third-order valence-electron chi connectivity index (χ3n) is 2.94. The summed E-state index contributed by atoms with van der Waals surface area (Å²) < 4.78 is 0. The predicted octanol–water partition coefficient (Wildman–Crippen LogP) is 1.43. The number of nitrogens with zero attached hydrogens (tertiary/aromatic N) is 1. The summed E-state index contributed by atoms with van der Waals surface area (Å²) in [6, 6.07) is 2.39. The van der Waals surface area contributed by atoms with Crippen LogP contribution in [0.4, 0.5) is 0 Å². The minimum atomic E-state index is 0.0333. The van der Waals surface area contributed by atoms with E-state index in [0.717, 1.165) is 19.4 Å². The highest BCUT2D eigenvalue weighted by Gasteiger charge is 2.46. The molecule has 1 N–H and O–H groups in total. The van der Waals surface area contributed by atoms with Gasteiger partial charge in [0, 0.05) is 12.1 Å². The Balaban J connectivity index is 1.79. The van der Waals surface area contributed by atoms with Gasteiger partial charge in [-0.2, -0.15) is 5.26 Å². The molecule has 2 nitrogen and oxygen atoms in total. The van der Waals surface area contributed by atoms with Gasteiger partial charge >= 0.3 is 0 Å². The highest BCUT2D eigenvalue weighted by molar-refractivity contribution is 5.13. The second kappa shape index (κ2) is 1.98. The van der Waals surface area contributed by atoms with Gasteiger partial charge in [-0.1, -0.05) is 0 Å². The maximum atomic E-state index is 8.78. The molecule has 0 aromatic rings. The summed E-state index contributed by atoms with van der Waals surface area (Å²) >= 11 is 0. The lowest BCUT2D eigenvalue weighted by Gasteiger charge is -2.13. The first kappa shape index (κ1) is 7.12. The highest BCUT2D eigenvalue weighted by atomic mass is 15.0. The molecule has 11 heavy (non-hydrogen) atoms. The summed E-state index contributed by atoms with van der Waals surface area (Å²) in [6.45, 7) is 3.15. The minimum Gasteiger partial charge on any atom is -0.310 e. The van der Waals surface area contributed by atoms with Crippen LogP contribution in [0.5, 0.6) is 0 Å². The molecule has 0 saturated heterocycles. The van der Waals surface area contributed by atoms with Crippen molar-refractivity contribution in [1.82, 2.24) is 5.32 Å². The molecular weight excluding hydrogens is 136 g/mol. The molecule has 0 aromatic heterocycles. The Bertz CT molecular complexity index is 206. The Labute approximate surface area is 67.6 Å². The van der Waals surface area contributed by atoms with Crippen molar-refractivity contribution in [2.24, 2.45) is 5.41 Å². The first-order chi connectivity index (χ1) is 5.18. The van der Waals surface area contributed by atoms with E-state index in [9.17, 15) is 0 Å². The molecule has 0 aromatic carbocycles. The van der Waals surface area contributed by atoms with Crippen molar-refractivity contribution in [3.63, 3.8) is 0 Å². The molecule has 0 aliphatic heterocycles. The molecule has 2 rings (SSSR count). The van der Waals surface area contributed by atoms with Crippen molar-refractivity contribution >= 4 is 0 Å². The van der Waals surface area contributed by atoms with Gasteiger partial charge in [0.1, 0.15) is 0 Å². The van der Waals surface area contributed by atoms with Gasteiger partial charge in [0.15, 0.2) is 0 Å². The monoisotopic (exact) mass is 150 g/mol. The van der Waals surface area contributed by atoms with Gasteiger partial charge in [-0.15, -0.1) is 0 Å². The molecule has 2 heteroatoms. The number of hydrogen-bond acceptors (Lipinski definition) is 2. The molecular formula is C9H14N2. The van der Waals surface area contributed by atoms with Gasteiger partial charge in [0.05, 0.1) is 11.5 Å². The maximum absolute atomic E-state index is 8.78. The third-order valence-corrected chi connectivity index (χ3v) is 2.94. The lowest BCUT2D eigenvalue weighted by atomic mass is 10.1. The van der Waals surface area contributed by atoms with E-state index in [0.29, 0.717) is 5.54 Å². The molecule has 60 valence electrons. The number of hydrogen-bond donors (Lipinski definition) is 1. The molecule has 0 spiro atoms. The van der Waals surface area contributed by atoms with E-state index in [1.807, 2.05) is 0 Å². The van der Waals surface area contributed by atoms with Crippen LogP contribution >= 0.6 is 0 Å². The molecule has 2 aliphatic carbocycles. The molecule has 0 radical (unpaired) electrons. The van der Waals surface area contributed by atoms with E-state index >= 15 is 0 Å². The van der Waals surface area contributed by atoms with Crippen molar-refractivity contribution in [2.75, 3.05) is 6.54 Å². The van der Waals surface area contributed by atoms with Gasteiger partial charge < -0.3 is 5.32 Å². The van der Waals surface area contributed by atoms with Crippen LogP contribution in [-0.4, -0.2) is 12.1 Å². The number of nitriles is 1. The fourth-order valence-electron chi connectivity index (χ4n) is 1.23. The van der Waals surface area contributed by atoms with Crippen molar-refractivity contribution in [1.29, 1.82) is 5.26 Å². The lowest BCUT2D eigenvalue weighted by Crippen LogP contribution is -2.33. The number of rotatable bonds is 3. The van der Waals surface area contributed by atoms with Crippen LogP contribution in [0, 0.1) is 16.7 Å². The second-order valence-electron chi connectivity index (χ2n) is 4.31. The Hall–Kier alpha value is -0.550. The zero-order chi connectivity index (χ0) is 7.95. The second-order valence-corrected chi connectivity index (χ2v) is 4.31. The quantitative estimate of drug-likeness (QED) is 0.660. The van der Waals surface area contributed by atoms with Crippen molar-refractivity contribution in [3.8, 4) is 6.07 Å². The van der Waals surface area contributed by atoms with E-state index in [-0.39, 0.29) is 5.41 Å². The standard InChI is InChI=1S/C9H14N2/c1-8(2-3-8)11-7-9(6-10)4-5-9/h11H,2-5,7H2,1H3. The van der Waals surface area contributed by atoms with Crippen LogP contribution in [0.1, 0.15) is 32.6 Å². The molecule has 0 atom stereocenters. The SMILES string of the molecule is CC1(NCC2(C#N)CC2)CC1. The lowest BCUT2D eigenvalue weighted by molar-refractivity contribution is 0.475. The van der Waals surface area contributed by atoms with Gasteiger partial charge in [-0.25, -0.2) is 0 Å². The Morgan fingerprint density at radius 3 is 2.36 bits per heavy atom. The molecule has 0 unspecified atom stereocenters. The van der Waals surface area contributed by atoms with Crippen LogP contribution in [-0.2, 0) is 0 Å². The van der Waals surface area contributed by atoms with E-state index in [2.05, 4.69) is 18.3 Å². The smallest absolute Gasteiger partial charge is 0.0703 e. The fourth-order valence-corrected chi connectivity index (χ4v) is 1.23. The van der Waals surface area contributed by atoms with E-state index in [1.54, 1.807) is 0 Å². The summed E-state index contributed by atoms with van der Waals surface area (Å²) in [7, 11) is 0. The summed E-state index contributed by atoms with van der Waals surface area (Å²) in [4.78, 5) is 0. The summed E-state index contributed by atoms with van der Waals surface area (Å²) in [5.74, 6) is 0. The van der Waals surface area contributed by atoms with Crippen LogP contribution < -0.4 is 5.32 Å². The fraction of sp³-hybridized carbons (Fsp3) is 0.889. The first-order valence-electron chi connectivity index (χ1n) is 4.34. The zero-order valence-corrected chi connectivity index (χ0v) is 6.98. The maximum Gasteiger partial charge on any atom is 0.0703 e. The summed E-state index contributed by atoms with van der Waals surface area (Å²) in [6.07, 6.45) is 4.78. The van der Waals surface area contributed by atoms with Crippen LogP contribution in [0.3, 0.4) is 0 Å². The summed E-state index contributed by atoms with van der Waals surface area (Å²) in [5, 5.41) is 12.2. The normalized spacial score (nSPS) is 29.1. The topological polar surface area (TPSA) is 35.8 Å². The van der Waals surface area contributed by atoms with Crippen LogP contribution in [0.2, 0.25) is 0 Å². The van der Waals surface area contributed by atoms with E-state index in [4.69, 9.17) is 5.26 Å². The minimum absolute atomic E-state index is 0.0333. The summed E-state index contributed by atoms with van der Waals surface area (Å²) in [5.41, 5.74) is 0.429. The van der Waals surface area contributed by atoms with Crippen molar-refractivity contribution in [3.05, 3.63) is 0 Å². The van der Waals surface area contributed by atoms with Crippen molar-refractivity contribution in [2.45, 2.75) is 38.1 Å². The largest absolute Gasteiger partial charge is 0.310 e. The molecule has 0 bridgehead atoms. The Morgan fingerprint density at radius 1 is 1.36 bits per heavy atom.